The first-order chi connectivity index (χ1) is 6.69. The Morgan fingerprint density at radius 1 is 1.21 bits per heavy atom. The van der Waals surface area contributed by atoms with Crippen molar-refractivity contribution in [2.24, 2.45) is 17.3 Å². The maximum atomic E-state index is 3.51. The van der Waals surface area contributed by atoms with Crippen molar-refractivity contribution in [2.75, 3.05) is 26.2 Å². The van der Waals surface area contributed by atoms with Crippen molar-refractivity contribution in [2.45, 2.75) is 32.7 Å². The van der Waals surface area contributed by atoms with Gasteiger partial charge in [0.1, 0.15) is 0 Å². The first-order valence-electron chi connectivity index (χ1n) is 6.14. The summed E-state index contributed by atoms with van der Waals surface area (Å²) in [4.78, 5) is 2.75. The first-order valence-corrected chi connectivity index (χ1v) is 6.14. The largest absolute Gasteiger partial charge is 0.316 e. The van der Waals surface area contributed by atoms with E-state index in [9.17, 15) is 0 Å². The predicted molar refractivity (Wildman–Crippen MR) is 58.2 cm³/mol. The van der Waals surface area contributed by atoms with E-state index in [1.807, 2.05) is 0 Å². The maximum absolute atomic E-state index is 3.51. The van der Waals surface area contributed by atoms with Gasteiger partial charge in [-0.25, -0.2) is 0 Å². The summed E-state index contributed by atoms with van der Waals surface area (Å²) in [7, 11) is 0. The van der Waals surface area contributed by atoms with Crippen LogP contribution in [-0.4, -0.2) is 37.1 Å². The summed E-state index contributed by atoms with van der Waals surface area (Å²) in [6.45, 7) is 10.2. The van der Waals surface area contributed by atoms with Crippen LogP contribution in [0.1, 0.15) is 26.7 Å². The minimum atomic E-state index is 0.673. The SMILES string of the molecule is CC(N1C[C@H]2CNC[C@H]2C1)C1(C)CC1. The number of rotatable bonds is 2. The van der Waals surface area contributed by atoms with Gasteiger partial charge in [0, 0.05) is 19.1 Å². The van der Waals surface area contributed by atoms with Gasteiger partial charge in [0.2, 0.25) is 0 Å². The highest BCUT2D eigenvalue weighted by Crippen LogP contribution is 2.50. The van der Waals surface area contributed by atoms with Crippen LogP contribution in [0.5, 0.6) is 0 Å². The van der Waals surface area contributed by atoms with Crippen molar-refractivity contribution >= 4 is 0 Å². The Morgan fingerprint density at radius 3 is 2.29 bits per heavy atom. The molecule has 2 aliphatic heterocycles. The number of nitrogens with one attached hydrogen (secondary N) is 1. The normalized spacial score (nSPS) is 42.4. The molecule has 1 saturated carbocycles. The van der Waals surface area contributed by atoms with E-state index < -0.39 is 0 Å². The van der Waals surface area contributed by atoms with Crippen molar-refractivity contribution < 1.29 is 0 Å². The standard InChI is InChI=1S/C12H22N2/c1-9(12(2)3-4-12)14-7-10-5-13-6-11(10)8-14/h9-11,13H,3-8H2,1-2H3/t9?,10-,11+. The van der Waals surface area contributed by atoms with Crippen LogP contribution in [0, 0.1) is 17.3 Å². The van der Waals surface area contributed by atoms with Gasteiger partial charge in [-0.1, -0.05) is 6.92 Å². The molecule has 3 fully saturated rings. The van der Waals surface area contributed by atoms with Crippen LogP contribution in [0.25, 0.3) is 0 Å². The summed E-state index contributed by atoms with van der Waals surface area (Å²) in [6.07, 6.45) is 2.91. The molecule has 1 unspecified atom stereocenters. The number of likely N-dealkylation sites (tertiary alicyclic amines) is 1. The molecule has 3 aliphatic rings. The number of hydrogen-bond donors (Lipinski definition) is 1. The molecule has 0 amide bonds. The fraction of sp³-hybridized carbons (Fsp3) is 1.00. The Kier molecular flexibility index (Phi) is 1.94. The average Bonchev–Trinajstić information content (AvgIpc) is 2.63. The molecule has 1 N–H and O–H groups in total. The first kappa shape index (κ1) is 9.17. The van der Waals surface area contributed by atoms with Crippen molar-refractivity contribution in [3.05, 3.63) is 0 Å². The molecular weight excluding hydrogens is 172 g/mol. The van der Waals surface area contributed by atoms with Gasteiger partial charge in [0.05, 0.1) is 0 Å². The topological polar surface area (TPSA) is 15.3 Å². The van der Waals surface area contributed by atoms with E-state index in [2.05, 4.69) is 24.1 Å². The van der Waals surface area contributed by atoms with Crippen LogP contribution in [-0.2, 0) is 0 Å². The Hall–Kier alpha value is -0.0800. The second kappa shape index (κ2) is 2.96. The van der Waals surface area contributed by atoms with Crippen LogP contribution in [0.2, 0.25) is 0 Å². The third-order valence-electron chi connectivity index (χ3n) is 5.01. The summed E-state index contributed by atoms with van der Waals surface area (Å²) in [5.74, 6) is 1.92. The highest BCUT2D eigenvalue weighted by atomic mass is 15.2. The molecule has 2 saturated heterocycles. The molecule has 1 aliphatic carbocycles. The van der Waals surface area contributed by atoms with Crippen LogP contribution in [0.4, 0.5) is 0 Å². The van der Waals surface area contributed by atoms with E-state index in [0.717, 1.165) is 17.9 Å². The zero-order valence-electron chi connectivity index (χ0n) is 9.42. The number of nitrogens with zero attached hydrogens (tertiary/aromatic N) is 1. The van der Waals surface area contributed by atoms with Gasteiger partial charge in [-0.05, 0) is 50.1 Å². The Labute approximate surface area is 87.0 Å². The third kappa shape index (κ3) is 1.31. The van der Waals surface area contributed by atoms with Crippen molar-refractivity contribution in [1.29, 1.82) is 0 Å². The molecule has 80 valence electrons. The molecule has 14 heavy (non-hydrogen) atoms. The van der Waals surface area contributed by atoms with Gasteiger partial charge in [0.15, 0.2) is 0 Å². The molecule has 0 aromatic heterocycles. The second-order valence-corrected chi connectivity index (χ2v) is 5.96. The van der Waals surface area contributed by atoms with Gasteiger partial charge in [-0.15, -0.1) is 0 Å². The maximum Gasteiger partial charge on any atom is 0.0121 e. The smallest absolute Gasteiger partial charge is 0.0121 e. The van der Waals surface area contributed by atoms with Gasteiger partial charge in [-0.3, -0.25) is 4.90 Å². The van der Waals surface area contributed by atoms with E-state index in [-0.39, 0.29) is 0 Å². The van der Waals surface area contributed by atoms with E-state index in [0.29, 0.717) is 5.41 Å². The zero-order chi connectivity index (χ0) is 9.76. The number of fused-ring (bicyclic) bond motifs is 1. The minimum Gasteiger partial charge on any atom is -0.316 e. The molecular formula is C12H22N2. The molecule has 2 heteroatoms. The number of hydrogen-bond acceptors (Lipinski definition) is 2. The summed E-state index contributed by atoms with van der Waals surface area (Å²) >= 11 is 0. The Bertz CT molecular complexity index is 222. The van der Waals surface area contributed by atoms with Crippen molar-refractivity contribution in [3.8, 4) is 0 Å². The third-order valence-corrected chi connectivity index (χ3v) is 5.01. The molecule has 3 rings (SSSR count). The summed E-state index contributed by atoms with van der Waals surface area (Å²) in [5.41, 5.74) is 0.673. The fourth-order valence-corrected chi connectivity index (χ4v) is 3.26. The molecule has 0 radical (unpaired) electrons. The van der Waals surface area contributed by atoms with Gasteiger partial charge in [-0.2, -0.15) is 0 Å². The van der Waals surface area contributed by atoms with Gasteiger partial charge >= 0.3 is 0 Å². The molecule has 0 bridgehead atoms. The van der Waals surface area contributed by atoms with Gasteiger partial charge in [0.25, 0.3) is 0 Å². The lowest BCUT2D eigenvalue weighted by atomic mass is 9.99. The van der Waals surface area contributed by atoms with Crippen LogP contribution < -0.4 is 5.32 Å². The molecule has 3 atom stereocenters. The lowest BCUT2D eigenvalue weighted by molar-refractivity contribution is 0.173. The quantitative estimate of drug-likeness (QED) is 0.713. The van der Waals surface area contributed by atoms with Crippen LogP contribution in [0.3, 0.4) is 0 Å². The Balaban J connectivity index is 1.65. The van der Waals surface area contributed by atoms with E-state index in [4.69, 9.17) is 0 Å². The molecule has 0 spiro atoms. The average molecular weight is 194 g/mol. The van der Waals surface area contributed by atoms with E-state index in [1.165, 1.54) is 39.0 Å². The van der Waals surface area contributed by atoms with Gasteiger partial charge < -0.3 is 5.32 Å². The molecule has 2 nitrogen and oxygen atoms in total. The van der Waals surface area contributed by atoms with Crippen molar-refractivity contribution in [3.63, 3.8) is 0 Å². The minimum absolute atomic E-state index is 0.673. The van der Waals surface area contributed by atoms with Crippen LogP contribution >= 0.6 is 0 Å². The summed E-state index contributed by atoms with van der Waals surface area (Å²) < 4.78 is 0. The van der Waals surface area contributed by atoms with Crippen LogP contribution in [0.15, 0.2) is 0 Å². The van der Waals surface area contributed by atoms with Crippen molar-refractivity contribution in [1.82, 2.24) is 10.2 Å². The predicted octanol–water partition coefficient (Wildman–Crippen LogP) is 1.33. The second-order valence-electron chi connectivity index (χ2n) is 5.96. The molecule has 0 aromatic rings. The summed E-state index contributed by atoms with van der Waals surface area (Å²) in [6, 6.07) is 0.827. The fourth-order valence-electron chi connectivity index (χ4n) is 3.26. The Morgan fingerprint density at radius 2 is 1.79 bits per heavy atom. The zero-order valence-corrected chi connectivity index (χ0v) is 9.42. The molecule has 0 aromatic carbocycles. The summed E-state index contributed by atoms with van der Waals surface area (Å²) in [5, 5.41) is 3.51. The molecule has 2 heterocycles. The monoisotopic (exact) mass is 194 g/mol. The lowest BCUT2D eigenvalue weighted by Crippen LogP contribution is -2.38. The van der Waals surface area contributed by atoms with E-state index in [1.54, 1.807) is 0 Å². The highest BCUT2D eigenvalue weighted by molar-refractivity contribution is 5.01. The highest BCUT2D eigenvalue weighted by Gasteiger charge is 2.48. The lowest BCUT2D eigenvalue weighted by Gasteiger charge is -2.30. The van der Waals surface area contributed by atoms with E-state index >= 15 is 0 Å².